The molecule has 0 bridgehead atoms. The minimum absolute atomic E-state index is 0. The molecule has 1 aromatic carbocycles. The van der Waals surface area contributed by atoms with Gasteiger partial charge in [0.1, 0.15) is 5.75 Å². The average molecular weight is 537 g/mol. The summed E-state index contributed by atoms with van der Waals surface area (Å²) >= 11 is 0. The number of guanidine groups is 1. The first-order valence-corrected chi connectivity index (χ1v) is 10.6. The van der Waals surface area contributed by atoms with Crippen molar-refractivity contribution in [2.75, 3.05) is 69.8 Å². The zero-order valence-electron chi connectivity index (χ0n) is 18.3. The molecule has 4 rings (SSSR count). The fourth-order valence-electron chi connectivity index (χ4n) is 4.25. The minimum Gasteiger partial charge on any atom is -0.495 e. The van der Waals surface area contributed by atoms with Gasteiger partial charge in [-0.1, -0.05) is 12.1 Å². The van der Waals surface area contributed by atoms with E-state index in [-0.39, 0.29) is 24.0 Å². The molecule has 2 aliphatic rings. The highest BCUT2D eigenvalue weighted by Gasteiger charge is 2.26. The van der Waals surface area contributed by atoms with Gasteiger partial charge in [0.25, 0.3) is 0 Å². The van der Waals surface area contributed by atoms with Crippen LogP contribution in [-0.4, -0.2) is 80.8 Å². The number of para-hydroxylation sites is 2. The maximum absolute atomic E-state index is 5.53. The predicted octanol–water partition coefficient (Wildman–Crippen LogP) is 2.33. The number of hydrogen-bond donors (Lipinski definition) is 1. The lowest BCUT2D eigenvalue weighted by molar-refractivity contribution is 0.367. The third kappa shape index (κ3) is 5.69. The van der Waals surface area contributed by atoms with E-state index in [1.54, 1.807) is 19.5 Å². The van der Waals surface area contributed by atoms with Crippen molar-refractivity contribution in [3.8, 4) is 5.75 Å². The normalized spacial score (nSPS) is 19.2. The molecule has 1 unspecified atom stereocenters. The van der Waals surface area contributed by atoms with Gasteiger partial charge in [0, 0.05) is 65.3 Å². The lowest BCUT2D eigenvalue weighted by atomic mass is 10.1. The van der Waals surface area contributed by atoms with Gasteiger partial charge in [0.2, 0.25) is 5.95 Å². The molecule has 0 aliphatic carbocycles. The molecule has 8 nitrogen and oxygen atoms in total. The highest BCUT2D eigenvalue weighted by Crippen LogP contribution is 2.31. The predicted molar refractivity (Wildman–Crippen MR) is 136 cm³/mol. The molecule has 0 radical (unpaired) electrons. The summed E-state index contributed by atoms with van der Waals surface area (Å²) < 4.78 is 5.53. The molecule has 2 aromatic rings. The van der Waals surface area contributed by atoms with Gasteiger partial charge in [0.05, 0.1) is 12.8 Å². The molecular weight excluding hydrogens is 505 g/mol. The van der Waals surface area contributed by atoms with Crippen LogP contribution in [-0.2, 0) is 0 Å². The number of methoxy groups -OCH3 is 1. The third-order valence-corrected chi connectivity index (χ3v) is 5.89. The highest BCUT2D eigenvalue weighted by atomic mass is 127. The molecule has 9 heteroatoms. The maximum Gasteiger partial charge on any atom is 0.225 e. The van der Waals surface area contributed by atoms with Gasteiger partial charge in [-0.2, -0.15) is 0 Å². The number of anilines is 2. The van der Waals surface area contributed by atoms with Crippen LogP contribution in [0, 0.1) is 5.92 Å². The Hall–Kier alpha value is -2.30. The quantitative estimate of drug-likeness (QED) is 0.357. The number of rotatable bonds is 5. The lowest BCUT2D eigenvalue weighted by Crippen LogP contribution is -2.53. The second-order valence-corrected chi connectivity index (χ2v) is 7.72. The summed E-state index contributed by atoms with van der Waals surface area (Å²) in [6.45, 7) is 6.64. The Bertz CT molecular complexity index is 843. The van der Waals surface area contributed by atoms with Crippen LogP contribution in [0.5, 0.6) is 5.75 Å². The number of aliphatic imine (C=N–C) groups is 1. The molecule has 0 saturated carbocycles. The SMILES string of the molecule is CN=C(NCC1CCN(c2ccccc2OC)C1)N1CCN(c2ncccn2)CC1.I. The van der Waals surface area contributed by atoms with E-state index in [0.29, 0.717) is 5.92 Å². The molecule has 2 aliphatic heterocycles. The van der Waals surface area contributed by atoms with Gasteiger partial charge in [-0.15, -0.1) is 24.0 Å². The summed E-state index contributed by atoms with van der Waals surface area (Å²) in [4.78, 5) is 20.2. The van der Waals surface area contributed by atoms with E-state index in [0.717, 1.165) is 63.5 Å². The van der Waals surface area contributed by atoms with Crippen molar-refractivity contribution in [3.05, 3.63) is 42.7 Å². The Kier molecular flexibility index (Phi) is 8.56. The number of aromatic nitrogens is 2. The zero-order valence-corrected chi connectivity index (χ0v) is 20.6. The minimum atomic E-state index is 0. The van der Waals surface area contributed by atoms with E-state index in [1.165, 1.54) is 12.1 Å². The Morgan fingerprint density at radius 1 is 1.06 bits per heavy atom. The Labute approximate surface area is 201 Å². The molecule has 0 spiro atoms. The summed E-state index contributed by atoms with van der Waals surface area (Å²) in [6.07, 6.45) is 4.76. The van der Waals surface area contributed by atoms with Gasteiger partial charge in [-0.25, -0.2) is 9.97 Å². The van der Waals surface area contributed by atoms with Gasteiger partial charge in [-0.3, -0.25) is 4.99 Å². The Morgan fingerprint density at radius 3 is 2.52 bits per heavy atom. The van der Waals surface area contributed by atoms with Gasteiger partial charge in [0.15, 0.2) is 5.96 Å². The number of halogens is 1. The van der Waals surface area contributed by atoms with Crippen molar-refractivity contribution < 1.29 is 4.74 Å². The summed E-state index contributed by atoms with van der Waals surface area (Å²) in [6, 6.07) is 10.1. The molecule has 3 heterocycles. The molecule has 0 amide bonds. The molecule has 2 saturated heterocycles. The number of ether oxygens (including phenoxy) is 1. The lowest BCUT2D eigenvalue weighted by Gasteiger charge is -2.36. The molecule has 1 aromatic heterocycles. The van der Waals surface area contributed by atoms with Crippen LogP contribution in [0.2, 0.25) is 0 Å². The van der Waals surface area contributed by atoms with Crippen LogP contribution in [0.25, 0.3) is 0 Å². The third-order valence-electron chi connectivity index (χ3n) is 5.89. The Morgan fingerprint density at radius 2 is 1.81 bits per heavy atom. The second-order valence-electron chi connectivity index (χ2n) is 7.72. The number of hydrogen-bond acceptors (Lipinski definition) is 6. The van der Waals surface area contributed by atoms with Crippen molar-refractivity contribution in [1.29, 1.82) is 0 Å². The smallest absolute Gasteiger partial charge is 0.225 e. The highest BCUT2D eigenvalue weighted by molar-refractivity contribution is 14.0. The van der Waals surface area contributed by atoms with E-state index in [2.05, 4.69) is 47.1 Å². The van der Waals surface area contributed by atoms with E-state index in [4.69, 9.17) is 4.74 Å². The number of piperazine rings is 1. The van der Waals surface area contributed by atoms with Crippen LogP contribution in [0.1, 0.15) is 6.42 Å². The topological polar surface area (TPSA) is 69.1 Å². The number of nitrogens with one attached hydrogen (secondary N) is 1. The van der Waals surface area contributed by atoms with Crippen LogP contribution in [0.3, 0.4) is 0 Å². The summed E-state index contributed by atoms with van der Waals surface area (Å²) in [5, 5.41) is 3.60. The van der Waals surface area contributed by atoms with E-state index in [9.17, 15) is 0 Å². The van der Waals surface area contributed by atoms with Crippen molar-refractivity contribution in [1.82, 2.24) is 20.2 Å². The molecule has 1 atom stereocenters. The molecule has 2 fully saturated rings. The fourth-order valence-corrected chi connectivity index (χ4v) is 4.25. The van der Waals surface area contributed by atoms with Crippen molar-refractivity contribution in [2.24, 2.45) is 10.9 Å². The van der Waals surface area contributed by atoms with Gasteiger partial charge < -0.3 is 24.8 Å². The standard InChI is InChI=1S/C22H31N7O.HI/c1-23-21(27-12-14-28(15-13-27)22-24-9-5-10-25-22)26-16-18-8-11-29(17-18)19-6-3-4-7-20(19)30-2;/h3-7,9-10,18H,8,11-17H2,1-2H3,(H,23,26);1H. The largest absolute Gasteiger partial charge is 0.495 e. The fraction of sp³-hybridized carbons (Fsp3) is 0.500. The van der Waals surface area contributed by atoms with Crippen LogP contribution < -0.4 is 19.9 Å². The Balaban J connectivity index is 0.00000272. The van der Waals surface area contributed by atoms with Crippen molar-refractivity contribution in [2.45, 2.75) is 6.42 Å². The molecular formula is C22H32IN7O. The summed E-state index contributed by atoms with van der Waals surface area (Å²) in [5.74, 6) is 3.33. The molecule has 1 N–H and O–H groups in total. The van der Waals surface area contributed by atoms with Crippen LogP contribution in [0.15, 0.2) is 47.7 Å². The maximum atomic E-state index is 5.53. The van der Waals surface area contributed by atoms with Crippen molar-refractivity contribution in [3.63, 3.8) is 0 Å². The van der Waals surface area contributed by atoms with Gasteiger partial charge >= 0.3 is 0 Å². The van der Waals surface area contributed by atoms with E-state index >= 15 is 0 Å². The summed E-state index contributed by atoms with van der Waals surface area (Å²) in [5.41, 5.74) is 1.19. The first kappa shape index (κ1) is 23.4. The summed E-state index contributed by atoms with van der Waals surface area (Å²) in [7, 11) is 3.60. The average Bonchev–Trinajstić information content (AvgIpc) is 3.29. The van der Waals surface area contributed by atoms with Crippen LogP contribution >= 0.6 is 24.0 Å². The van der Waals surface area contributed by atoms with Crippen LogP contribution in [0.4, 0.5) is 11.6 Å². The zero-order chi connectivity index (χ0) is 20.8. The number of benzene rings is 1. The van der Waals surface area contributed by atoms with E-state index < -0.39 is 0 Å². The second kappa shape index (κ2) is 11.4. The first-order valence-electron chi connectivity index (χ1n) is 10.6. The number of nitrogens with zero attached hydrogens (tertiary/aromatic N) is 6. The van der Waals surface area contributed by atoms with Crippen molar-refractivity contribution >= 4 is 41.6 Å². The monoisotopic (exact) mass is 537 g/mol. The van der Waals surface area contributed by atoms with Gasteiger partial charge in [-0.05, 0) is 30.5 Å². The molecule has 31 heavy (non-hydrogen) atoms. The first-order chi connectivity index (χ1) is 14.8. The molecule has 168 valence electrons. The van der Waals surface area contributed by atoms with E-state index in [1.807, 2.05) is 25.2 Å².